The maximum absolute atomic E-state index is 5.25. The fraction of sp³-hybridized carbons (Fsp3) is 0.111. The fourth-order valence-electron chi connectivity index (χ4n) is 2.28. The van der Waals surface area contributed by atoms with E-state index in [1.807, 2.05) is 6.07 Å². The minimum absolute atomic E-state index is 0.822. The third kappa shape index (κ3) is 3.47. The smallest absolute Gasteiger partial charge is 0.119 e. The van der Waals surface area contributed by atoms with Gasteiger partial charge in [-0.3, -0.25) is 0 Å². The number of fused-ring (bicyclic) bond motifs is 1. The number of benzene rings is 3. The van der Waals surface area contributed by atoms with E-state index in [4.69, 9.17) is 4.74 Å². The van der Waals surface area contributed by atoms with Gasteiger partial charge in [0.05, 0.1) is 7.11 Å². The van der Waals surface area contributed by atoms with E-state index in [0.717, 1.165) is 18.0 Å². The standard InChI is InChI=1S/C18H16INO/c1-21-18-9-4-14-10-13(2-3-15(14)11-18)12-20-17-7-5-16(19)6-8-17/h2-11,20H,12H2,1H3. The summed E-state index contributed by atoms with van der Waals surface area (Å²) in [5.41, 5.74) is 2.41. The van der Waals surface area contributed by atoms with Gasteiger partial charge in [0.25, 0.3) is 0 Å². The summed E-state index contributed by atoms with van der Waals surface area (Å²) in [5, 5.41) is 5.88. The summed E-state index contributed by atoms with van der Waals surface area (Å²) in [6.07, 6.45) is 0. The summed E-state index contributed by atoms with van der Waals surface area (Å²) in [4.78, 5) is 0. The molecule has 0 aliphatic rings. The topological polar surface area (TPSA) is 21.3 Å². The normalized spacial score (nSPS) is 10.6. The quantitative estimate of drug-likeness (QED) is 0.630. The Labute approximate surface area is 138 Å². The molecule has 0 amide bonds. The second-order valence-corrected chi connectivity index (χ2v) is 6.15. The first-order valence-corrected chi connectivity index (χ1v) is 7.88. The predicted octanol–water partition coefficient (Wildman–Crippen LogP) is 5.07. The van der Waals surface area contributed by atoms with Crippen LogP contribution in [0.3, 0.4) is 0 Å². The van der Waals surface area contributed by atoms with E-state index in [9.17, 15) is 0 Å². The summed E-state index contributed by atoms with van der Waals surface area (Å²) in [5.74, 6) is 0.896. The van der Waals surface area contributed by atoms with Gasteiger partial charge in [0.2, 0.25) is 0 Å². The van der Waals surface area contributed by atoms with Gasteiger partial charge in [-0.1, -0.05) is 18.2 Å². The highest BCUT2D eigenvalue weighted by Gasteiger charge is 1.99. The van der Waals surface area contributed by atoms with Crippen molar-refractivity contribution in [2.75, 3.05) is 12.4 Å². The van der Waals surface area contributed by atoms with Gasteiger partial charge in [-0.25, -0.2) is 0 Å². The van der Waals surface area contributed by atoms with E-state index in [1.54, 1.807) is 7.11 Å². The Morgan fingerprint density at radius 1 is 0.905 bits per heavy atom. The number of halogens is 1. The lowest BCUT2D eigenvalue weighted by Crippen LogP contribution is -1.99. The number of hydrogen-bond acceptors (Lipinski definition) is 2. The monoisotopic (exact) mass is 389 g/mol. The van der Waals surface area contributed by atoms with E-state index < -0.39 is 0 Å². The Morgan fingerprint density at radius 3 is 2.38 bits per heavy atom. The van der Waals surface area contributed by atoms with E-state index in [-0.39, 0.29) is 0 Å². The molecule has 0 saturated carbocycles. The lowest BCUT2D eigenvalue weighted by atomic mass is 10.1. The number of rotatable bonds is 4. The average molecular weight is 389 g/mol. The van der Waals surface area contributed by atoms with Crippen LogP contribution in [0.15, 0.2) is 60.7 Å². The molecule has 0 fully saturated rings. The fourth-order valence-corrected chi connectivity index (χ4v) is 2.64. The molecule has 0 heterocycles. The van der Waals surface area contributed by atoms with Gasteiger partial charge in [0, 0.05) is 15.8 Å². The van der Waals surface area contributed by atoms with Crippen LogP contribution >= 0.6 is 22.6 Å². The summed E-state index contributed by atoms with van der Waals surface area (Å²) in [6.45, 7) is 0.822. The summed E-state index contributed by atoms with van der Waals surface area (Å²) in [6, 6.07) is 21.1. The Morgan fingerprint density at radius 2 is 1.62 bits per heavy atom. The zero-order valence-corrected chi connectivity index (χ0v) is 13.9. The molecule has 0 aromatic heterocycles. The number of nitrogens with one attached hydrogen (secondary N) is 1. The van der Waals surface area contributed by atoms with Gasteiger partial charge >= 0.3 is 0 Å². The number of anilines is 1. The van der Waals surface area contributed by atoms with Crippen LogP contribution < -0.4 is 10.1 Å². The molecule has 0 aliphatic carbocycles. The number of methoxy groups -OCH3 is 1. The maximum Gasteiger partial charge on any atom is 0.119 e. The molecule has 3 aromatic rings. The maximum atomic E-state index is 5.25. The van der Waals surface area contributed by atoms with Crippen molar-refractivity contribution in [3.05, 3.63) is 69.8 Å². The third-order valence-corrected chi connectivity index (χ3v) is 4.17. The van der Waals surface area contributed by atoms with Gasteiger partial charge in [0.1, 0.15) is 5.75 Å². The lowest BCUT2D eigenvalue weighted by Gasteiger charge is -2.08. The Kier molecular flexibility index (Phi) is 4.29. The van der Waals surface area contributed by atoms with Crippen LogP contribution in [0.4, 0.5) is 5.69 Å². The molecule has 0 unspecified atom stereocenters. The lowest BCUT2D eigenvalue weighted by molar-refractivity contribution is 0.415. The van der Waals surface area contributed by atoms with Crippen molar-refractivity contribution in [3.63, 3.8) is 0 Å². The van der Waals surface area contributed by atoms with Crippen LogP contribution in [0.1, 0.15) is 5.56 Å². The first kappa shape index (κ1) is 14.2. The molecule has 0 saturated heterocycles. The molecule has 3 heteroatoms. The Bertz CT molecular complexity index is 753. The molecule has 0 spiro atoms. The van der Waals surface area contributed by atoms with Gasteiger partial charge < -0.3 is 10.1 Å². The molecule has 0 bridgehead atoms. The molecular formula is C18H16INO. The van der Waals surface area contributed by atoms with Crippen molar-refractivity contribution in [2.45, 2.75) is 6.54 Å². The summed E-state index contributed by atoms with van der Waals surface area (Å²) < 4.78 is 6.50. The van der Waals surface area contributed by atoms with Gasteiger partial charge in [-0.05, 0) is 81.4 Å². The van der Waals surface area contributed by atoms with E-state index >= 15 is 0 Å². The molecule has 0 atom stereocenters. The van der Waals surface area contributed by atoms with E-state index in [2.05, 4.69) is 82.5 Å². The average Bonchev–Trinajstić information content (AvgIpc) is 2.53. The van der Waals surface area contributed by atoms with Crippen molar-refractivity contribution >= 4 is 39.1 Å². The zero-order chi connectivity index (χ0) is 14.7. The second kappa shape index (κ2) is 6.35. The molecule has 1 N–H and O–H groups in total. The summed E-state index contributed by atoms with van der Waals surface area (Å²) in [7, 11) is 1.69. The molecule has 0 radical (unpaired) electrons. The SMILES string of the molecule is COc1ccc2cc(CNc3ccc(I)cc3)ccc2c1. The minimum atomic E-state index is 0.822. The Balaban J connectivity index is 1.76. The van der Waals surface area contributed by atoms with Gasteiger partial charge in [0.15, 0.2) is 0 Å². The molecule has 21 heavy (non-hydrogen) atoms. The largest absolute Gasteiger partial charge is 0.497 e. The number of ether oxygens (including phenoxy) is 1. The van der Waals surface area contributed by atoms with Crippen LogP contribution in [0.5, 0.6) is 5.75 Å². The molecule has 3 aromatic carbocycles. The van der Waals surface area contributed by atoms with Crippen molar-refractivity contribution in [2.24, 2.45) is 0 Å². The first-order valence-electron chi connectivity index (χ1n) is 6.81. The van der Waals surface area contributed by atoms with Crippen molar-refractivity contribution < 1.29 is 4.74 Å². The Hall–Kier alpha value is -1.75. The third-order valence-electron chi connectivity index (χ3n) is 3.45. The van der Waals surface area contributed by atoms with Crippen molar-refractivity contribution in [1.82, 2.24) is 0 Å². The highest BCUT2D eigenvalue weighted by molar-refractivity contribution is 14.1. The molecule has 0 aliphatic heterocycles. The van der Waals surface area contributed by atoms with Crippen LogP contribution in [0.2, 0.25) is 0 Å². The van der Waals surface area contributed by atoms with Crippen LogP contribution in [0, 0.1) is 3.57 Å². The highest BCUT2D eigenvalue weighted by Crippen LogP contribution is 2.22. The van der Waals surface area contributed by atoms with Crippen molar-refractivity contribution in [1.29, 1.82) is 0 Å². The van der Waals surface area contributed by atoms with Crippen LogP contribution in [-0.4, -0.2) is 7.11 Å². The van der Waals surface area contributed by atoms with Gasteiger partial charge in [-0.15, -0.1) is 0 Å². The van der Waals surface area contributed by atoms with E-state index in [0.29, 0.717) is 0 Å². The molecular weight excluding hydrogens is 373 g/mol. The highest BCUT2D eigenvalue weighted by atomic mass is 127. The number of hydrogen-bond donors (Lipinski definition) is 1. The molecule has 2 nitrogen and oxygen atoms in total. The zero-order valence-electron chi connectivity index (χ0n) is 11.8. The predicted molar refractivity (Wildman–Crippen MR) is 97.0 cm³/mol. The van der Waals surface area contributed by atoms with Crippen molar-refractivity contribution in [3.8, 4) is 5.75 Å². The minimum Gasteiger partial charge on any atom is -0.497 e. The first-order chi connectivity index (χ1) is 10.2. The summed E-state index contributed by atoms with van der Waals surface area (Å²) >= 11 is 2.31. The van der Waals surface area contributed by atoms with Crippen LogP contribution in [-0.2, 0) is 6.54 Å². The van der Waals surface area contributed by atoms with Gasteiger partial charge in [-0.2, -0.15) is 0 Å². The molecule has 3 rings (SSSR count). The van der Waals surface area contributed by atoms with E-state index in [1.165, 1.54) is 19.9 Å². The molecule has 106 valence electrons. The van der Waals surface area contributed by atoms with Crippen LogP contribution in [0.25, 0.3) is 10.8 Å². The second-order valence-electron chi connectivity index (χ2n) is 4.91.